The van der Waals surface area contributed by atoms with Gasteiger partial charge in [0.25, 0.3) is 5.91 Å². The smallest absolute Gasteiger partial charge is 0.287 e. The summed E-state index contributed by atoms with van der Waals surface area (Å²) in [5, 5.41) is 2.81. The lowest BCUT2D eigenvalue weighted by Crippen LogP contribution is -2.27. The van der Waals surface area contributed by atoms with Crippen LogP contribution < -0.4 is 10.1 Å². The molecular weight excluding hydrogens is 421 g/mol. The molecule has 164 valence electrons. The summed E-state index contributed by atoms with van der Waals surface area (Å²) >= 11 is 0. The highest BCUT2D eigenvalue weighted by Crippen LogP contribution is 2.30. The van der Waals surface area contributed by atoms with Crippen LogP contribution in [0, 0.1) is 36.0 Å². The van der Waals surface area contributed by atoms with Crippen LogP contribution in [-0.2, 0) is 6.61 Å². The number of hydrogen-bond donors (Lipinski definition) is 1. The maximum Gasteiger partial charge on any atom is 0.287 e. The van der Waals surface area contributed by atoms with Crippen molar-refractivity contribution in [2.45, 2.75) is 32.9 Å². The molecule has 3 rings (SSSR count). The van der Waals surface area contributed by atoms with Crippen LogP contribution in [0.5, 0.6) is 5.75 Å². The Labute approximate surface area is 174 Å². The molecule has 1 heterocycles. The summed E-state index contributed by atoms with van der Waals surface area (Å²) in [6, 6.07) is 9.98. The van der Waals surface area contributed by atoms with Gasteiger partial charge in [-0.15, -0.1) is 0 Å². The number of benzene rings is 2. The van der Waals surface area contributed by atoms with E-state index in [1.165, 1.54) is 12.1 Å². The SMILES string of the molecule is CCC(NC(=O)c1ccc(COc2c(F)c(F)c(F)c(F)c2F)o1)c1ccc(C)cc1. The molecule has 1 amide bonds. The first-order valence-electron chi connectivity index (χ1n) is 9.33. The first-order valence-corrected chi connectivity index (χ1v) is 9.33. The number of carbonyl (C=O) groups is 1. The van der Waals surface area contributed by atoms with Gasteiger partial charge in [-0.3, -0.25) is 4.79 Å². The largest absolute Gasteiger partial charge is 0.479 e. The molecule has 0 aliphatic heterocycles. The molecule has 0 radical (unpaired) electrons. The minimum absolute atomic E-state index is 0.0440. The summed E-state index contributed by atoms with van der Waals surface area (Å²) in [6.07, 6.45) is 0.617. The number of carbonyl (C=O) groups excluding carboxylic acids is 1. The Morgan fingerprint density at radius 3 is 2.10 bits per heavy atom. The molecule has 0 spiro atoms. The number of amides is 1. The zero-order valence-electron chi connectivity index (χ0n) is 16.6. The summed E-state index contributed by atoms with van der Waals surface area (Å²) in [7, 11) is 0. The third-order valence-electron chi connectivity index (χ3n) is 4.61. The van der Waals surface area contributed by atoms with E-state index in [1.54, 1.807) is 0 Å². The first-order chi connectivity index (χ1) is 14.7. The van der Waals surface area contributed by atoms with Crippen LogP contribution in [0.2, 0.25) is 0 Å². The molecule has 1 atom stereocenters. The highest BCUT2D eigenvalue weighted by Gasteiger charge is 2.27. The van der Waals surface area contributed by atoms with Gasteiger partial charge in [-0.05, 0) is 31.0 Å². The predicted molar refractivity (Wildman–Crippen MR) is 101 cm³/mol. The van der Waals surface area contributed by atoms with Gasteiger partial charge in [0.1, 0.15) is 12.4 Å². The fraction of sp³-hybridized carbons (Fsp3) is 0.227. The van der Waals surface area contributed by atoms with Crippen LogP contribution in [0.1, 0.15) is 46.8 Å². The standard InChI is InChI=1S/C22H18F5NO3/c1-3-14(12-6-4-11(2)5-7-12)28-22(29)15-9-8-13(31-15)10-30-21-19(26)17(24)16(23)18(25)20(21)27/h4-9,14H,3,10H2,1-2H3,(H,28,29). The maximum atomic E-state index is 13.7. The second-order valence-electron chi connectivity index (χ2n) is 6.80. The first kappa shape index (κ1) is 22.3. The summed E-state index contributed by atoms with van der Waals surface area (Å²) in [6.45, 7) is 3.19. The molecule has 0 aliphatic rings. The van der Waals surface area contributed by atoms with Gasteiger partial charge in [0.15, 0.2) is 11.5 Å². The average molecular weight is 439 g/mol. The molecule has 0 fully saturated rings. The van der Waals surface area contributed by atoms with Crippen LogP contribution in [0.4, 0.5) is 22.0 Å². The predicted octanol–water partition coefficient (Wildman–Crippen LogP) is 5.74. The third kappa shape index (κ3) is 4.70. The van der Waals surface area contributed by atoms with Crippen molar-refractivity contribution in [1.29, 1.82) is 0 Å². The molecule has 0 saturated heterocycles. The van der Waals surface area contributed by atoms with Crippen LogP contribution in [-0.4, -0.2) is 5.91 Å². The number of ether oxygens (including phenoxy) is 1. The number of halogens is 5. The molecule has 1 N–H and O–H groups in total. The van der Waals surface area contributed by atoms with Crippen molar-refractivity contribution >= 4 is 5.91 Å². The maximum absolute atomic E-state index is 13.7. The van der Waals surface area contributed by atoms with Gasteiger partial charge in [-0.1, -0.05) is 36.8 Å². The number of aryl methyl sites for hydroxylation is 1. The van der Waals surface area contributed by atoms with Gasteiger partial charge in [-0.2, -0.15) is 8.78 Å². The summed E-state index contributed by atoms with van der Waals surface area (Å²) in [5.41, 5.74) is 1.98. The molecule has 0 bridgehead atoms. The number of hydrogen-bond acceptors (Lipinski definition) is 3. The van der Waals surface area contributed by atoms with E-state index in [4.69, 9.17) is 9.15 Å². The highest BCUT2D eigenvalue weighted by atomic mass is 19.2. The lowest BCUT2D eigenvalue weighted by molar-refractivity contribution is 0.0903. The van der Waals surface area contributed by atoms with E-state index in [0.717, 1.165) is 11.1 Å². The van der Waals surface area contributed by atoms with Crippen molar-refractivity contribution in [2.75, 3.05) is 0 Å². The van der Waals surface area contributed by atoms with Gasteiger partial charge in [0.05, 0.1) is 6.04 Å². The van der Waals surface area contributed by atoms with Crippen molar-refractivity contribution in [3.05, 3.63) is 88.1 Å². The summed E-state index contributed by atoms with van der Waals surface area (Å²) in [4.78, 5) is 12.5. The Morgan fingerprint density at radius 1 is 0.935 bits per heavy atom. The van der Waals surface area contributed by atoms with E-state index in [-0.39, 0.29) is 17.6 Å². The second-order valence-corrected chi connectivity index (χ2v) is 6.80. The quantitative estimate of drug-likeness (QED) is 0.290. The topological polar surface area (TPSA) is 51.5 Å². The minimum Gasteiger partial charge on any atom is -0.479 e. The fourth-order valence-corrected chi connectivity index (χ4v) is 2.88. The van der Waals surface area contributed by atoms with Gasteiger partial charge < -0.3 is 14.5 Å². The molecule has 0 saturated carbocycles. The molecule has 1 unspecified atom stereocenters. The molecular formula is C22H18F5NO3. The van der Waals surface area contributed by atoms with Crippen molar-refractivity contribution < 1.29 is 35.9 Å². The molecule has 9 heteroatoms. The highest BCUT2D eigenvalue weighted by molar-refractivity contribution is 5.91. The van der Waals surface area contributed by atoms with E-state index in [0.29, 0.717) is 6.42 Å². The van der Waals surface area contributed by atoms with E-state index >= 15 is 0 Å². The van der Waals surface area contributed by atoms with Crippen molar-refractivity contribution in [3.8, 4) is 5.75 Å². The fourth-order valence-electron chi connectivity index (χ4n) is 2.88. The Bertz CT molecular complexity index is 1070. The Morgan fingerprint density at radius 2 is 1.52 bits per heavy atom. The third-order valence-corrected chi connectivity index (χ3v) is 4.61. The molecule has 31 heavy (non-hydrogen) atoms. The zero-order valence-corrected chi connectivity index (χ0v) is 16.6. The lowest BCUT2D eigenvalue weighted by Gasteiger charge is -2.17. The van der Waals surface area contributed by atoms with Crippen LogP contribution in [0.3, 0.4) is 0 Å². The molecule has 2 aromatic carbocycles. The van der Waals surface area contributed by atoms with E-state index in [1.807, 2.05) is 38.1 Å². The molecule has 4 nitrogen and oxygen atoms in total. The Balaban J connectivity index is 1.69. The molecule has 0 aliphatic carbocycles. The minimum atomic E-state index is -2.28. The Hall–Kier alpha value is -3.36. The number of furan rings is 1. The number of nitrogens with one attached hydrogen (secondary N) is 1. The van der Waals surface area contributed by atoms with Gasteiger partial charge >= 0.3 is 0 Å². The van der Waals surface area contributed by atoms with E-state index in [9.17, 15) is 26.7 Å². The van der Waals surface area contributed by atoms with Crippen molar-refractivity contribution in [2.24, 2.45) is 0 Å². The lowest BCUT2D eigenvalue weighted by atomic mass is 10.0. The van der Waals surface area contributed by atoms with Gasteiger partial charge in [0, 0.05) is 0 Å². The zero-order chi connectivity index (χ0) is 22.7. The molecule has 1 aromatic heterocycles. The van der Waals surface area contributed by atoms with Crippen molar-refractivity contribution in [3.63, 3.8) is 0 Å². The van der Waals surface area contributed by atoms with Gasteiger partial charge in [0.2, 0.25) is 29.1 Å². The monoisotopic (exact) mass is 439 g/mol. The summed E-state index contributed by atoms with van der Waals surface area (Å²) < 4.78 is 76.9. The van der Waals surface area contributed by atoms with Crippen LogP contribution in [0.15, 0.2) is 40.8 Å². The average Bonchev–Trinajstić information content (AvgIpc) is 3.24. The normalized spacial score (nSPS) is 12.0. The number of rotatable bonds is 7. The summed E-state index contributed by atoms with van der Waals surface area (Å²) in [5.74, 6) is -12.8. The van der Waals surface area contributed by atoms with E-state index in [2.05, 4.69) is 5.32 Å². The van der Waals surface area contributed by atoms with Crippen LogP contribution >= 0.6 is 0 Å². The van der Waals surface area contributed by atoms with Crippen molar-refractivity contribution in [1.82, 2.24) is 5.32 Å². The van der Waals surface area contributed by atoms with E-state index < -0.39 is 47.3 Å². The van der Waals surface area contributed by atoms with Gasteiger partial charge in [-0.25, -0.2) is 13.2 Å². The Kier molecular flexibility index (Phi) is 6.62. The molecule has 3 aromatic rings. The second kappa shape index (κ2) is 9.20. The van der Waals surface area contributed by atoms with Crippen LogP contribution in [0.25, 0.3) is 0 Å².